The molecule has 1 aliphatic heterocycles. The lowest BCUT2D eigenvalue weighted by Gasteiger charge is -2.19. The van der Waals surface area contributed by atoms with Crippen LogP contribution in [0.2, 0.25) is 0 Å². The van der Waals surface area contributed by atoms with Crippen molar-refractivity contribution in [1.82, 2.24) is 5.32 Å². The summed E-state index contributed by atoms with van der Waals surface area (Å²) in [4.78, 5) is 24.8. The maximum absolute atomic E-state index is 12.5. The quantitative estimate of drug-likeness (QED) is 0.507. The standard InChI is InChI=1S/C25H19N3O2/c1-16-2-6-18(7-3-16)19-8-11-21-22(14-19)23(25(30)28-24(21)29)15-27-20-9-4-17(5-10-20)12-13-26/h2-11,14-15,27H,12H2,1H3,(H,28,29,30). The number of carbonyl (C=O) groups is 2. The van der Waals surface area contributed by atoms with Crippen molar-refractivity contribution < 1.29 is 9.59 Å². The molecule has 0 bridgehead atoms. The van der Waals surface area contributed by atoms with Gasteiger partial charge in [0.05, 0.1) is 18.1 Å². The summed E-state index contributed by atoms with van der Waals surface area (Å²) < 4.78 is 0. The molecule has 3 aromatic carbocycles. The Hall–Kier alpha value is -4.17. The van der Waals surface area contributed by atoms with Gasteiger partial charge in [-0.15, -0.1) is 0 Å². The molecule has 0 aliphatic carbocycles. The Balaban J connectivity index is 1.69. The summed E-state index contributed by atoms with van der Waals surface area (Å²) in [7, 11) is 0. The number of benzene rings is 3. The number of carbonyl (C=O) groups excluding carboxylic acids is 2. The van der Waals surface area contributed by atoms with Gasteiger partial charge in [0.15, 0.2) is 0 Å². The number of imide groups is 1. The van der Waals surface area contributed by atoms with Crippen molar-refractivity contribution in [1.29, 1.82) is 5.26 Å². The van der Waals surface area contributed by atoms with Crippen LogP contribution in [0, 0.1) is 18.3 Å². The highest BCUT2D eigenvalue weighted by Gasteiger charge is 2.27. The van der Waals surface area contributed by atoms with E-state index < -0.39 is 11.8 Å². The van der Waals surface area contributed by atoms with E-state index in [-0.39, 0.29) is 0 Å². The molecule has 4 rings (SSSR count). The third-order valence-electron chi connectivity index (χ3n) is 5.03. The van der Waals surface area contributed by atoms with Gasteiger partial charge in [-0.3, -0.25) is 14.9 Å². The van der Waals surface area contributed by atoms with Crippen LogP contribution in [0.15, 0.2) is 72.9 Å². The largest absolute Gasteiger partial charge is 0.361 e. The van der Waals surface area contributed by atoms with Crippen molar-refractivity contribution >= 4 is 23.1 Å². The number of aryl methyl sites for hydroxylation is 1. The van der Waals surface area contributed by atoms with Crippen LogP contribution in [-0.4, -0.2) is 11.8 Å². The molecule has 5 heteroatoms. The average molecular weight is 393 g/mol. The molecular weight excluding hydrogens is 374 g/mol. The minimum atomic E-state index is -0.442. The van der Waals surface area contributed by atoms with E-state index in [0.29, 0.717) is 23.1 Å². The fraction of sp³-hybridized carbons (Fsp3) is 0.0800. The molecule has 1 aliphatic rings. The average Bonchev–Trinajstić information content (AvgIpc) is 2.75. The topological polar surface area (TPSA) is 82.0 Å². The van der Waals surface area contributed by atoms with Crippen molar-refractivity contribution in [2.24, 2.45) is 0 Å². The van der Waals surface area contributed by atoms with Crippen LogP contribution in [0.25, 0.3) is 16.7 Å². The summed E-state index contributed by atoms with van der Waals surface area (Å²) in [5, 5.41) is 14.3. The van der Waals surface area contributed by atoms with Crippen LogP contribution >= 0.6 is 0 Å². The van der Waals surface area contributed by atoms with Crippen molar-refractivity contribution in [3.05, 3.63) is 95.2 Å². The normalized spacial score (nSPS) is 14.1. The van der Waals surface area contributed by atoms with Gasteiger partial charge in [-0.25, -0.2) is 0 Å². The van der Waals surface area contributed by atoms with Crippen LogP contribution in [0.4, 0.5) is 5.69 Å². The Morgan fingerprint density at radius 3 is 2.30 bits per heavy atom. The predicted molar refractivity (Wildman–Crippen MR) is 116 cm³/mol. The third-order valence-corrected chi connectivity index (χ3v) is 5.03. The molecule has 0 fully saturated rings. The molecule has 0 radical (unpaired) electrons. The maximum atomic E-state index is 12.5. The molecule has 2 N–H and O–H groups in total. The number of hydrogen-bond donors (Lipinski definition) is 2. The summed E-state index contributed by atoms with van der Waals surface area (Å²) >= 11 is 0. The SMILES string of the molecule is Cc1ccc(-c2ccc3c(c2)C(=CNc2ccc(CC#N)cc2)C(=O)NC3=O)cc1. The van der Waals surface area contributed by atoms with E-state index >= 15 is 0 Å². The fourth-order valence-electron chi connectivity index (χ4n) is 3.36. The van der Waals surface area contributed by atoms with E-state index in [0.717, 1.165) is 27.9 Å². The van der Waals surface area contributed by atoms with Gasteiger partial charge in [0.1, 0.15) is 0 Å². The van der Waals surface area contributed by atoms with E-state index in [1.54, 1.807) is 12.3 Å². The smallest absolute Gasteiger partial charge is 0.260 e. The second-order valence-corrected chi connectivity index (χ2v) is 7.14. The van der Waals surface area contributed by atoms with E-state index in [2.05, 4.69) is 16.7 Å². The van der Waals surface area contributed by atoms with Crippen molar-refractivity contribution in [3.63, 3.8) is 0 Å². The minimum absolute atomic E-state index is 0.348. The van der Waals surface area contributed by atoms with E-state index in [1.807, 2.05) is 67.6 Å². The molecule has 30 heavy (non-hydrogen) atoms. The zero-order chi connectivity index (χ0) is 21.1. The molecule has 5 nitrogen and oxygen atoms in total. The molecule has 0 saturated heterocycles. The van der Waals surface area contributed by atoms with Crippen LogP contribution in [0.5, 0.6) is 0 Å². The third kappa shape index (κ3) is 3.85. The first-order valence-corrected chi connectivity index (χ1v) is 9.55. The van der Waals surface area contributed by atoms with Gasteiger partial charge in [-0.05, 0) is 47.9 Å². The highest BCUT2D eigenvalue weighted by Crippen LogP contribution is 2.30. The van der Waals surface area contributed by atoms with Gasteiger partial charge >= 0.3 is 0 Å². The molecule has 146 valence electrons. The van der Waals surface area contributed by atoms with E-state index in [9.17, 15) is 9.59 Å². The number of hydrogen-bond acceptors (Lipinski definition) is 4. The summed E-state index contributed by atoms with van der Waals surface area (Å²) in [5.41, 5.74) is 6.26. The molecular formula is C25H19N3O2. The molecule has 1 heterocycles. The lowest BCUT2D eigenvalue weighted by atomic mass is 9.91. The van der Waals surface area contributed by atoms with E-state index in [1.165, 1.54) is 0 Å². The number of amides is 2. The lowest BCUT2D eigenvalue weighted by Crippen LogP contribution is -2.36. The number of nitriles is 1. The van der Waals surface area contributed by atoms with Crippen molar-refractivity contribution in [2.75, 3.05) is 5.32 Å². The van der Waals surface area contributed by atoms with Crippen LogP contribution in [0.1, 0.15) is 27.0 Å². The fourth-order valence-corrected chi connectivity index (χ4v) is 3.36. The Morgan fingerprint density at radius 1 is 0.900 bits per heavy atom. The summed E-state index contributed by atoms with van der Waals surface area (Å²) in [5.74, 6) is -0.842. The number of anilines is 1. The molecule has 0 spiro atoms. The van der Waals surface area contributed by atoms with Gasteiger partial charge in [0, 0.05) is 23.0 Å². The number of fused-ring (bicyclic) bond motifs is 1. The summed E-state index contributed by atoms with van der Waals surface area (Å²) in [6.45, 7) is 2.03. The molecule has 0 aromatic heterocycles. The monoisotopic (exact) mass is 393 g/mol. The van der Waals surface area contributed by atoms with Crippen LogP contribution in [-0.2, 0) is 11.2 Å². The van der Waals surface area contributed by atoms with Gasteiger partial charge in [0.2, 0.25) is 0 Å². The first-order chi connectivity index (χ1) is 14.5. The Morgan fingerprint density at radius 2 is 1.60 bits per heavy atom. The zero-order valence-electron chi connectivity index (χ0n) is 16.4. The van der Waals surface area contributed by atoms with Crippen molar-refractivity contribution in [2.45, 2.75) is 13.3 Å². The molecule has 2 amide bonds. The zero-order valence-corrected chi connectivity index (χ0v) is 16.4. The Bertz CT molecular complexity index is 1200. The molecule has 0 saturated carbocycles. The van der Waals surface area contributed by atoms with Crippen LogP contribution < -0.4 is 10.6 Å². The highest BCUT2D eigenvalue weighted by atomic mass is 16.2. The van der Waals surface area contributed by atoms with Crippen LogP contribution in [0.3, 0.4) is 0 Å². The van der Waals surface area contributed by atoms with Gasteiger partial charge < -0.3 is 5.32 Å². The highest BCUT2D eigenvalue weighted by molar-refractivity contribution is 6.31. The number of rotatable bonds is 4. The second-order valence-electron chi connectivity index (χ2n) is 7.14. The molecule has 3 aromatic rings. The van der Waals surface area contributed by atoms with Crippen molar-refractivity contribution in [3.8, 4) is 17.2 Å². The van der Waals surface area contributed by atoms with Gasteiger partial charge in [-0.2, -0.15) is 5.26 Å². The van der Waals surface area contributed by atoms with Gasteiger partial charge in [0.25, 0.3) is 11.8 Å². The summed E-state index contributed by atoms with van der Waals surface area (Å²) in [6.07, 6.45) is 1.96. The lowest BCUT2D eigenvalue weighted by molar-refractivity contribution is -0.114. The van der Waals surface area contributed by atoms with E-state index in [4.69, 9.17) is 5.26 Å². The second kappa shape index (κ2) is 8.06. The molecule has 0 atom stereocenters. The van der Waals surface area contributed by atoms with Gasteiger partial charge in [-0.1, -0.05) is 48.0 Å². The maximum Gasteiger partial charge on any atom is 0.260 e. The number of nitrogens with zero attached hydrogens (tertiary/aromatic N) is 1. The first kappa shape index (κ1) is 19.2. The Labute approximate surface area is 174 Å². The molecule has 0 unspecified atom stereocenters. The number of nitrogens with one attached hydrogen (secondary N) is 2. The Kier molecular flexibility index (Phi) is 5.15. The first-order valence-electron chi connectivity index (χ1n) is 9.55. The predicted octanol–water partition coefficient (Wildman–Crippen LogP) is 4.45. The minimum Gasteiger partial charge on any atom is -0.361 e. The summed E-state index contributed by atoms with van der Waals surface area (Å²) in [6, 6.07) is 23.1.